The molecule has 0 N–H and O–H groups in total. The lowest BCUT2D eigenvalue weighted by Gasteiger charge is -2.46. The summed E-state index contributed by atoms with van der Waals surface area (Å²) in [7, 11) is 0. The van der Waals surface area contributed by atoms with Gasteiger partial charge in [0.25, 0.3) is 0 Å². The maximum atomic E-state index is 10.5. The van der Waals surface area contributed by atoms with Gasteiger partial charge in [-0.25, -0.2) is 0 Å². The van der Waals surface area contributed by atoms with Crippen molar-refractivity contribution in [3.8, 4) is 0 Å². The third-order valence-electron chi connectivity index (χ3n) is 4.60. The number of carbonyl (C=O) groups is 1. The van der Waals surface area contributed by atoms with Crippen LogP contribution in [0.25, 0.3) is 0 Å². The zero-order valence-electron chi connectivity index (χ0n) is 11.3. The standard InChI is InChI=1S/C14H22O5/c15-11-6-12-4-9-14(10-5-12)18-16-13(17-19-14)7-2-1-3-8-13/h11-12H,1-10H2. The summed E-state index contributed by atoms with van der Waals surface area (Å²) in [4.78, 5) is 32.9. The van der Waals surface area contributed by atoms with E-state index in [1.165, 1.54) is 6.42 Å². The molecule has 0 aromatic rings. The van der Waals surface area contributed by atoms with Crippen molar-refractivity contribution < 1.29 is 24.3 Å². The van der Waals surface area contributed by atoms with Crippen LogP contribution in [-0.2, 0) is 24.3 Å². The third-order valence-corrected chi connectivity index (χ3v) is 4.60. The molecular formula is C14H22O5. The Balaban J connectivity index is 1.53. The van der Waals surface area contributed by atoms with Crippen molar-refractivity contribution >= 4 is 6.29 Å². The molecule has 19 heavy (non-hydrogen) atoms. The number of rotatable bonds is 2. The van der Waals surface area contributed by atoms with E-state index in [1.807, 2.05) is 0 Å². The first kappa shape index (κ1) is 13.5. The molecule has 5 heteroatoms. The smallest absolute Gasteiger partial charge is 0.234 e. The highest BCUT2D eigenvalue weighted by molar-refractivity contribution is 5.49. The Morgan fingerprint density at radius 1 is 0.842 bits per heavy atom. The van der Waals surface area contributed by atoms with Crippen LogP contribution in [0.5, 0.6) is 0 Å². The Morgan fingerprint density at radius 2 is 1.37 bits per heavy atom. The minimum absolute atomic E-state index is 0.445. The largest absolute Gasteiger partial charge is 0.303 e. The van der Waals surface area contributed by atoms with Crippen molar-refractivity contribution in [3.05, 3.63) is 0 Å². The van der Waals surface area contributed by atoms with Crippen molar-refractivity contribution in [2.45, 2.75) is 75.8 Å². The summed E-state index contributed by atoms with van der Waals surface area (Å²) in [5, 5.41) is 0. The van der Waals surface area contributed by atoms with Crippen LogP contribution in [0.2, 0.25) is 0 Å². The Bertz CT molecular complexity index is 304. The average Bonchev–Trinajstić information content (AvgIpc) is 2.47. The Labute approximate surface area is 113 Å². The van der Waals surface area contributed by atoms with Crippen LogP contribution < -0.4 is 0 Å². The molecule has 1 heterocycles. The molecule has 3 fully saturated rings. The van der Waals surface area contributed by atoms with Gasteiger partial charge in [0, 0.05) is 32.1 Å². The van der Waals surface area contributed by atoms with Crippen LogP contribution in [0.3, 0.4) is 0 Å². The molecule has 2 saturated carbocycles. The van der Waals surface area contributed by atoms with Crippen molar-refractivity contribution in [2.24, 2.45) is 5.92 Å². The second-order valence-corrected chi connectivity index (χ2v) is 6.06. The van der Waals surface area contributed by atoms with Gasteiger partial charge in [-0.15, -0.1) is 0 Å². The molecule has 0 amide bonds. The third kappa shape index (κ3) is 2.84. The van der Waals surface area contributed by atoms with Gasteiger partial charge >= 0.3 is 0 Å². The summed E-state index contributed by atoms with van der Waals surface area (Å²) in [5.41, 5.74) is 0. The SMILES string of the molecule is O=CCC1CCC2(CC1)OOC1(CCCCC1)OO2. The second-order valence-electron chi connectivity index (χ2n) is 6.06. The highest BCUT2D eigenvalue weighted by Gasteiger charge is 2.50. The van der Waals surface area contributed by atoms with Crippen LogP contribution >= 0.6 is 0 Å². The molecule has 0 aromatic heterocycles. The molecule has 1 aliphatic heterocycles. The van der Waals surface area contributed by atoms with Crippen molar-refractivity contribution in [2.75, 3.05) is 0 Å². The number of carbonyl (C=O) groups excluding carboxylic acids is 1. The molecule has 2 aliphatic carbocycles. The number of aldehydes is 1. The lowest BCUT2D eigenvalue weighted by Crippen LogP contribution is -2.52. The van der Waals surface area contributed by atoms with Crippen LogP contribution in [0.1, 0.15) is 64.2 Å². The molecule has 3 aliphatic rings. The van der Waals surface area contributed by atoms with Crippen molar-refractivity contribution in [1.29, 1.82) is 0 Å². The van der Waals surface area contributed by atoms with Gasteiger partial charge in [-0.1, -0.05) is 6.42 Å². The molecule has 0 aromatic carbocycles. The van der Waals surface area contributed by atoms with Gasteiger partial charge in [-0.2, -0.15) is 19.6 Å². The van der Waals surface area contributed by atoms with E-state index in [4.69, 9.17) is 19.6 Å². The highest BCUT2D eigenvalue weighted by Crippen LogP contribution is 2.45. The summed E-state index contributed by atoms with van der Waals surface area (Å²) < 4.78 is 0. The van der Waals surface area contributed by atoms with E-state index < -0.39 is 11.6 Å². The maximum absolute atomic E-state index is 10.5. The van der Waals surface area contributed by atoms with Crippen LogP contribution in [0.4, 0.5) is 0 Å². The van der Waals surface area contributed by atoms with Gasteiger partial charge in [0.1, 0.15) is 6.29 Å². The first-order valence-corrected chi connectivity index (χ1v) is 7.43. The predicted octanol–water partition coefficient (Wildman–Crippen LogP) is 3.03. The van der Waals surface area contributed by atoms with Gasteiger partial charge in [-0.05, 0) is 31.6 Å². The minimum Gasteiger partial charge on any atom is -0.303 e. The Morgan fingerprint density at radius 3 is 1.89 bits per heavy atom. The fourth-order valence-electron chi connectivity index (χ4n) is 3.24. The van der Waals surface area contributed by atoms with E-state index in [9.17, 15) is 4.79 Å². The molecule has 3 rings (SSSR count). The zero-order valence-corrected chi connectivity index (χ0v) is 11.3. The van der Waals surface area contributed by atoms with E-state index in [1.54, 1.807) is 0 Å². The molecule has 0 radical (unpaired) electrons. The lowest BCUT2D eigenvalue weighted by molar-refractivity contribution is -0.663. The Kier molecular flexibility index (Phi) is 3.89. The predicted molar refractivity (Wildman–Crippen MR) is 65.5 cm³/mol. The molecule has 2 spiro atoms. The molecule has 0 unspecified atom stereocenters. The summed E-state index contributed by atoms with van der Waals surface area (Å²) >= 11 is 0. The van der Waals surface area contributed by atoms with Gasteiger partial charge in [0.05, 0.1) is 0 Å². The molecular weight excluding hydrogens is 248 g/mol. The summed E-state index contributed by atoms with van der Waals surface area (Å²) in [5.74, 6) is -0.980. The van der Waals surface area contributed by atoms with Crippen LogP contribution in [0, 0.1) is 5.92 Å². The van der Waals surface area contributed by atoms with E-state index in [2.05, 4.69) is 0 Å². The van der Waals surface area contributed by atoms with E-state index in [0.29, 0.717) is 12.3 Å². The van der Waals surface area contributed by atoms with Crippen molar-refractivity contribution in [3.63, 3.8) is 0 Å². The van der Waals surface area contributed by atoms with Gasteiger partial charge < -0.3 is 4.79 Å². The molecule has 5 nitrogen and oxygen atoms in total. The van der Waals surface area contributed by atoms with Gasteiger partial charge in [0.2, 0.25) is 11.6 Å². The zero-order chi connectivity index (χ0) is 13.2. The molecule has 1 saturated heterocycles. The second kappa shape index (κ2) is 5.48. The average molecular weight is 270 g/mol. The van der Waals surface area contributed by atoms with Gasteiger partial charge in [-0.3, -0.25) is 0 Å². The fraction of sp³-hybridized carbons (Fsp3) is 0.929. The maximum Gasteiger partial charge on any atom is 0.234 e. The first-order valence-electron chi connectivity index (χ1n) is 7.43. The summed E-state index contributed by atoms with van der Waals surface area (Å²) in [6, 6.07) is 0. The minimum atomic E-state index is -0.748. The monoisotopic (exact) mass is 270 g/mol. The Hall–Kier alpha value is -0.490. The summed E-state index contributed by atoms with van der Waals surface area (Å²) in [6.45, 7) is 0. The van der Waals surface area contributed by atoms with Crippen molar-refractivity contribution in [1.82, 2.24) is 0 Å². The topological polar surface area (TPSA) is 54.0 Å². The molecule has 0 bridgehead atoms. The normalized spacial score (nSPS) is 30.5. The van der Waals surface area contributed by atoms with E-state index >= 15 is 0 Å². The van der Waals surface area contributed by atoms with Crippen LogP contribution in [-0.4, -0.2) is 17.9 Å². The van der Waals surface area contributed by atoms with Gasteiger partial charge in [0.15, 0.2) is 0 Å². The summed E-state index contributed by atoms with van der Waals surface area (Å²) in [6.07, 6.45) is 9.94. The number of hydrogen-bond donors (Lipinski definition) is 0. The molecule has 0 atom stereocenters. The quantitative estimate of drug-likeness (QED) is 0.570. The fourth-order valence-corrected chi connectivity index (χ4v) is 3.24. The first-order chi connectivity index (χ1) is 9.26. The lowest BCUT2D eigenvalue weighted by atomic mass is 9.83. The van der Waals surface area contributed by atoms with Crippen LogP contribution in [0.15, 0.2) is 0 Å². The molecule has 108 valence electrons. The van der Waals surface area contributed by atoms with E-state index in [0.717, 1.165) is 57.7 Å². The highest BCUT2D eigenvalue weighted by atomic mass is 17.4. The van der Waals surface area contributed by atoms with E-state index in [-0.39, 0.29) is 0 Å². The number of hydrogen-bond acceptors (Lipinski definition) is 5.